The molecule has 2 aliphatic rings. The lowest BCUT2D eigenvalue weighted by Crippen LogP contribution is -2.25. The highest BCUT2D eigenvalue weighted by Gasteiger charge is 2.28. The minimum absolute atomic E-state index is 0.0491. The molecule has 0 N–H and O–H groups in total. The van der Waals surface area contributed by atoms with E-state index in [1.165, 1.54) is 24.2 Å². The van der Waals surface area contributed by atoms with Gasteiger partial charge in [-0.25, -0.2) is 9.97 Å². The molecule has 9 heteroatoms. The van der Waals surface area contributed by atoms with Crippen LogP contribution >= 0.6 is 22.9 Å². The number of anilines is 1. The van der Waals surface area contributed by atoms with E-state index in [9.17, 15) is 9.59 Å². The van der Waals surface area contributed by atoms with Gasteiger partial charge in [0, 0.05) is 32.0 Å². The molecule has 5 rings (SSSR count). The molecule has 7 nitrogen and oxygen atoms in total. The number of hydrogen-bond acceptors (Lipinski definition) is 8. The fourth-order valence-corrected chi connectivity index (χ4v) is 6.25. The molecule has 2 fully saturated rings. The standard InChI is InChI=1S/C31H36ClN3O4S/c1-4-23(36)16-28-34-20(3)30(40-28)27(37)15-19(2)22-7-9-24(10-8-22)39-25-12-14-35(17-25)26-11-13-33-31(29(26)32)38-18-21-5-6-21/h7-11,13,19,21,25H,4-6,12,14-18H2,1-3H3/t19-,25-/m1/s1. The number of ketones is 2. The van der Waals surface area contributed by atoms with Crippen LogP contribution in [0, 0.1) is 12.8 Å². The molecule has 0 bridgehead atoms. The Morgan fingerprint density at radius 1 is 1.18 bits per heavy atom. The first-order valence-corrected chi connectivity index (χ1v) is 15.3. The van der Waals surface area contributed by atoms with Crippen molar-refractivity contribution >= 4 is 40.2 Å². The summed E-state index contributed by atoms with van der Waals surface area (Å²) in [5.41, 5.74) is 2.73. The average Bonchev–Trinajstić information content (AvgIpc) is 3.54. The Hall–Kier alpha value is -2.97. The third-order valence-corrected chi connectivity index (χ3v) is 9.11. The zero-order chi connectivity index (χ0) is 28.2. The van der Waals surface area contributed by atoms with E-state index in [0.717, 1.165) is 41.5 Å². The normalized spacial score (nSPS) is 17.6. The molecule has 40 heavy (non-hydrogen) atoms. The molecule has 1 saturated carbocycles. The second-order valence-corrected chi connectivity index (χ2v) is 12.3. The van der Waals surface area contributed by atoms with Crippen molar-refractivity contribution in [2.45, 2.75) is 71.3 Å². The molecule has 1 aromatic carbocycles. The quantitative estimate of drug-likeness (QED) is 0.204. The monoisotopic (exact) mass is 581 g/mol. The minimum atomic E-state index is 0.0491. The maximum absolute atomic E-state index is 13.0. The summed E-state index contributed by atoms with van der Waals surface area (Å²) >= 11 is 8.00. The molecule has 1 saturated heterocycles. The van der Waals surface area contributed by atoms with Crippen LogP contribution in [-0.2, 0) is 11.2 Å². The number of rotatable bonds is 13. The Bertz CT molecular complexity index is 1360. The molecule has 2 atom stereocenters. The van der Waals surface area contributed by atoms with Crippen LogP contribution < -0.4 is 14.4 Å². The van der Waals surface area contributed by atoms with Gasteiger partial charge in [0.25, 0.3) is 0 Å². The summed E-state index contributed by atoms with van der Waals surface area (Å²) in [6, 6.07) is 9.97. The first-order chi connectivity index (χ1) is 19.3. The van der Waals surface area contributed by atoms with Gasteiger partial charge in [0.2, 0.25) is 5.88 Å². The summed E-state index contributed by atoms with van der Waals surface area (Å²) in [6.07, 6.45) is 6.31. The van der Waals surface area contributed by atoms with Gasteiger partial charge >= 0.3 is 0 Å². The Balaban J connectivity index is 1.14. The maximum atomic E-state index is 13.0. The van der Waals surface area contributed by atoms with Gasteiger partial charge in [-0.05, 0) is 55.4 Å². The molecular weight excluding hydrogens is 546 g/mol. The summed E-state index contributed by atoms with van der Waals surface area (Å²) in [5.74, 6) is 2.22. The predicted octanol–water partition coefficient (Wildman–Crippen LogP) is 6.84. The van der Waals surface area contributed by atoms with Gasteiger partial charge in [0.15, 0.2) is 5.78 Å². The highest BCUT2D eigenvalue weighted by Crippen LogP contribution is 2.37. The Labute approximate surface area is 244 Å². The largest absolute Gasteiger partial charge is 0.489 e. The van der Waals surface area contributed by atoms with Crippen LogP contribution in [0.5, 0.6) is 11.6 Å². The number of halogens is 1. The zero-order valence-electron chi connectivity index (χ0n) is 23.3. The van der Waals surface area contributed by atoms with Gasteiger partial charge in [0.05, 0.1) is 35.8 Å². The van der Waals surface area contributed by atoms with E-state index in [-0.39, 0.29) is 23.6 Å². The third-order valence-electron chi connectivity index (χ3n) is 7.56. The number of thiazole rings is 1. The van der Waals surface area contributed by atoms with E-state index in [1.54, 1.807) is 6.20 Å². The highest BCUT2D eigenvalue weighted by molar-refractivity contribution is 7.14. The van der Waals surface area contributed by atoms with Crippen LogP contribution in [0.2, 0.25) is 5.02 Å². The molecule has 1 aliphatic heterocycles. The lowest BCUT2D eigenvalue weighted by atomic mass is 9.95. The molecule has 2 aromatic heterocycles. The molecule has 3 aromatic rings. The van der Waals surface area contributed by atoms with Gasteiger partial charge in [-0.1, -0.05) is 37.6 Å². The lowest BCUT2D eigenvalue weighted by molar-refractivity contribution is -0.118. The van der Waals surface area contributed by atoms with Crippen molar-refractivity contribution in [2.24, 2.45) is 5.92 Å². The van der Waals surface area contributed by atoms with Crippen LogP contribution in [0.25, 0.3) is 0 Å². The van der Waals surface area contributed by atoms with E-state index in [2.05, 4.69) is 21.8 Å². The molecule has 0 radical (unpaired) electrons. The van der Waals surface area contributed by atoms with Crippen molar-refractivity contribution in [1.29, 1.82) is 0 Å². The number of ether oxygens (including phenoxy) is 2. The maximum Gasteiger partial charge on any atom is 0.234 e. The number of hydrogen-bond donors (Lipinski definition) is 0. The first-order valence-electron chi connectivity index (χ1n) is 14.1. The Kier molecular flexibility index (Phi) is 9.06. The molecular formula is C31H36ClN3O4S. The Morgan fingerprint density at radius 3 is 2.67 bits per heavy atom. The lowest BCUT2D eigenvalue weighted by Gasteiger charge is -2.21. The van der Waals surface area contributed by atoms with Crippen LogP contribution in [0.3, 0.4) is 0 Å². The van der Waals surface area contributed by atoms with Crippen molar-refractivity contribution in [1.82, 2.24) is 9.97 Å². The zero-order valence-corrected chi connectivity index (χ0v) is 24.9. The van der Waals surface area contributed by atoms with E-state index in [0.29, 0.717) is 53.3 Å². The van der Waals surface area contributed by atoms with Crippen molar-refractivity contribution in [2.75, 3.05) is 24.6 Å². The second kappa shape index (κ2) is 12.7. The van der Waals surface area contributed by atoms with Crippen molar-refractivity contribution in [3.8, 4) is 11.6 Å². The van der Waals surface area contributed by atoms with Crippen LogP contribution in [0.1, 0.15) is 77.8 Å². The van der Waals surface area contributed by atoms with Crippen LogP contribution in [0.4, 0.5) is 5.69 Å². The van der Waals surface area contributed by atoms with Crippen molar-refractivity contribution < 1.29 is 19.1 Å². The number of carbonyl (C=O) groups excluding carboxylic acids is 2. The first kappa shape index (κ1) is 28.6. The molecule has 0 unspecified atom stereocenters. The number of pyridine rings is 1. The average molecular weight is 582 g/mol. The highest BCUT2D eigenvalue weighted by atomic mass is 35.5. The van der Waals surface area contributed by atoms with Crippen LogP contribution in [-0.4, -0.2) is 47.3 Å². The van der Waals surface area contributed by atoms with Crippen molar-refractivity contribution in [3.63, 3.8) is 0 Å². The molecule has 212 valence electrons. The van der Waals surface area contributed by atoms with E-state index in [4.69, 9.17) is 21.1 Å². The number of nitrogens with zero attached hydrogens (tertiary/aromatic N) is 3. The van der Waals surface area contributed by atoms with E-state index >= 15 is 0 Å². The number of aryl methyl sites for hydroxylation is 1. The van der Waals surface area contributed by atoms with E-state index < -0.39 is 0 Å². The fraction of sp³-hybridized carbons (Fsp3) is 0.484. The number of benzene rings is 1. The van der Waals surface area contributed by atoms with Gasteiger partial charge in [-0.3, -0.25) is 9.59 Å². The number of aromatic nitrogens is 2. The third kappa shape index (κ3) is 7.02. The minimum Gasteiger partial charge on any atom is -0.489 e. The number of carbonyl (C=O) groups is 2. The molecule has 1 aliphatic carbocycles. The summed E-state index contributed by atoms with van der Waals surface area (Å²) in [4.78, 5) is 36.5. The van der Waals surface area contributed by atoms with Gasteiger partial charge < -0.3 is 14.4 Å². The smallest absolute Gasteiger partial charge is 0.234 e. The molecule has 3 heterocycles. The summed E-state index contributed by atoms with van der Waals surface area (Å²) in [7, 11) is 0. The van der Waals surface area contributed by atoms with Crippen molar-refractivity contribution in [3.05, 3.63) is 62.7 Å². The number of Topliss-reactive ketones (excluding diaryl/α,β-unsaturated/α-hetero) is 2. The van der Waals surface area contributed by atoms with Gasteiger partial charge in [-0.2, -0.15) is 0 Å². The fourth-order valence-electron chi connectivity index (χ4n) is 4.92. The topological polar surface area (TPSA) is 81.6 Å². The van der Waals surface area contributed by atoms with Gasteiger partial charge in [-0.15, -0.1) is 11.3 Å². The molecule has 0 amide bonds. The second-order valence-electron chi connectivity index (χ2n) is 10.9. The SMILES string of the molecule is CCC(=O)Cc1nc(C)c(C(=O)C[C@@H](C)c2ccc(O[C@@H]3CCN(c4ccnc(OCC5CC5)c4Cl)C3)cc2)s1. The summed E-state index contributed by atoms with van der Waals surface area (Å²) in [5, 5.41) is 1.29. The van der Waals surface area contributed by atoms with Gasteiger partial charge in [0.1, 0.15) is 27.7 Å². The Morgan fingerprint density at radius 2 is 1.95 bits per heavy atom. The summed E-state index contributed by atoms with van der Waals surface area (Å²) in [6.45, 7) is 8.00. The van der Waals surface area contributed by atoms with E-state index in [1.807, 2.05) is 44.2 Å². The molecule has 0 spiro atoms. The van der Waals surface area contributed by atoms with Crippen LogP contribution in [0.15, 0.2) is 36.5 Å². The predicted molar refractivity (Wildman–Crippen MR) is 158 cm³/mol. The summed E-state index contributed by atoms with van der Waals surface area (Å²) < 4.78 is 12.1.